The van der Waals surface area contributed by atoms with E-state index in [0.29, 0.717) is 35.0 Å². The summed E-state index contributed by atoms with van der Waals surface area (Å²) in [5, 5.41) is 10.7. The SMILES string of the molecule is COCCn1c(=NC(=O)C=Cc2ccc([N+](=O)[O-])cc2)sc2cc(OC)c(OC)cc21. The van der Waals surface area contributed by atoms with Crippen LogP contribution >= 0.6 is 11.3 Å². The summed E-state index contributed by atoms with van der Waals surface area (Å²) < 4.78 is 18.7. The van der Waals surface area contributed by atoms with E-state index in [2.05, 4.69) is 4.99 Å². The maximum Gasteiger partial charge on any atom is 0.272 e. The molecule has 0 aliphatic rings. The van der Waals surface area contributed by atoms with Crippen molar-refractivity contribution in [2.24, 2.45) is 4.99 Å². The molecule has 1 aromatic heterocycles. The van der Waals surface area contributed by atoms with Gasteiger partial charge in [-0.25, -0.2) is 0 Å². The molecule has 10 heteroatoms. The van der Waals surface area contributed by atoms with Gasteiger partial charge in [-0.2, -0.15) is 4.99 Å². The molecule has 0 aliphatic carbocycles. The molecule has 0 unspecified atom stereocenters. The lowest BCUT2D eigenvalue weighted by Crippen LogP contribution is -2.19. The largest absolute Gasteiger partial charge is 0.493 e. The van der Waals surface area contributed by atoms with Crippen molar-refractivity contribution >= 4 is 39.2 Å². The number of benzene rings is 2. The number of amides is 1. The van der Waals surface area contributed by atoms with Crippen molar-refractivity contribution in [2.75, 3.05) is 27.9 Å². The first-order valence-electron chi connectivity index (χ1n) is 9.22. The first-order chi connectivity index (χ1) is 15.0. The first-order valence-corrected chi connectivity index (χ1v) is 10.0. The lowest BCUT2D eigenvalue weighted by Gasteiger charge is -2.09. The van der Waals surface area contributed by atoms with Crippen LogP contribution in [0.15, 0.2) is 47.5 Å². The Hall–Kier alpha value is -3.50. The minimum absolute atomic E-state index is 0.0107. The van der Waals surface area contributed by atoms with Gasteiger partial charge in [0.05, 0.1) is 36.0 Å². The Morgan fingerprint density at radius 2 is 1.84 bits per heavy atom. The molecule has 0 atom stereocenters. The van der Waals surface area contributed by atoms with Gasteiger partial charge >= 0.3 is 0 Å². The van der Waals surface area contributed by atoms with Gasteiger partial charge in [0.25, 0.3) is 11.6 Å². The molecular formula is C21H21N3O6S. The molecule has 31 heavy (non-hydrogen) atoms. The molecule has 0 saturated carbocycles. The van der Waals surface area contributed by atoms with Gasteiger partial charge in [-0.3, -0.25) is 14.9 Å². The van der Waals surface area contributed by atoms with Crippen LogP contribution in [0.25, 0.3) is 16.3 Å². The minimum Gasteiger partial charge on any atom is -0.493 e. The number of nitro benzene ring substituents is 1. The van der Waals surface area contributed by atoms with Crippen molar-refractivity contribution in [3.05, 3.63) is 63.0 Å². The highest BCUT2D eigenvalue weighted by molar-refractivity contribution is 7.16. The molecule has 0 saturated heterocycles. The quantitative estimate of drug-likeness (QED) is 0.300. The van der Waals surface area contributed by atoms with Gasteiger partial charge in [0, 0.05) is 44.0 Å². The molecule has 162 valence electrons. The van der Waals surface area contributed by atoms with Crippen LogP contribution in [-0.2, 0) is 16.1 Å². The van der Waals surface area contributed by atoms with Crippen molar-refractivity contribution in [1.82, 2.24) is 4.57 Å². The molecule has 0 aliphatic heterocycles. The molecule has 3 aromatic rings. The van der Waals surface area contributed by atoms with Gasteiger partial charge in [-0.15, -0.1) is 0 Å². The summed E-state index contributed by atoms with van der Waals surface area (Å²) in [4.78, 5) is 27.5. The summed E-state index contributed by atoms with van der Waals surface area (Å²) in [7, 11) is 4.73. The van der Waals surface area contributed by atoms with Crippen LogP contribution in [0.5, 0.6) is 11.5 Å². The molecular weight excluding hydrogens is 422 g/mol. The van der Waals surface area contributed by atoms with Gasteiger partial charge in [-0.1, -0.05) is 11.3 Å². The van der Waals surface area contributed by atoms with Crippen molar-refractivity contribution < 1.29 is 23.9 Å². The number of nitro groups is 1. The average molecular weight is 443 g/mol. The summed E-state index contributed by atoms with van der Waals surface area (Å²) in [5.41, 5.74) is 1.50. The Balaban J connectivity index is 1.97. The summed E-state index contributed by atoms with van der Waals surface area (Å²) in [6.07, 6.45) is 2.89. The van der Waals surface area contributed by atoms with E-state index >= 15 is 0 Å². The summed E-state index contributed by atoms with van der Waals surface area (Å²) in [5.74, 6) is 0.719. The Kier molecular flexibility index (Phi) is 7.16. The number of nitrogens with zero attached hydrogens (tertiary/aromatic N) is 3. The number of rotatable bonds is 8. The molecule has 0 fully saturated rings. The monoisotopic (exact) mass is 443 g/mol. The molecule has 1 heterocycles. The topological polar surface area (TPSA) is 105 Å². The highest BCUT2D eigenvalue weighted by Crippen LogP contribution is 2.33. The van der Waals surface area contributed by atoms with Crippen LogP contribution in [0, 0.1) is 10.1 Å². The predicted molar refractivity (Wildman–Crippen MR) is 117 cm³/mol. The van der Waals surface area contributed by atoms with E-state index < -0.39 is 10.8 Å². The number of aromatic nitrogens is 1. The Bertz CT molecular complexity index is 1190. The number of non-ortho nitro benzene ring substituents is 1. The fourth-order valence-electron chi connectivity index (χ4n) is 2.89. The molecule has 2 aromatic carbocycles. The molecule has 0 bridgehead atoms. The smallest absolute Gasteiger partial charge is 0.272 e. The van der Waals surface area contributed by atoms with Gasteiger partial charge < -0.3 is 18.8 Å². The molecule has 3 rings (SSSR count). The number of methoxy groups -OCH3 is 3. The van der Waals surface area contributed by atoms with Crippen LogP contribution in [0.3, 0.4) is 0 Å². The molecule has 0 N–H and O–H groups in total. The van der Waals surface area contributed by atoms with Crippen LogP contribution in [-0.4, -0.2) is 43.3 Å². The van der Waals surface area contributed by atoms with E-state index in [1.807, 2.05) is 16.7 Å². The second kappa shape index (κ2) is 10.0. The Morgan fingerprint density at radius 1 is 1.16 bits per heavy atom. The van der Waals surface area contributed by atoms with Crippen molar-refractivity contribution in [3.8, 4) is 11.5 Å². The second-order valence-corrected chi connectivity index (χ2v) is 7.35. The number of carbonyl (C=O) groups is 1. The zero-order chi connectivity index (χ0) is 22.4. The maximum atomic E-state index is 12.5. The zero-order valence-electron chi connectivity index (χ0n) is 17.2. The van der Waals surface area contributed by atoms with E-state index in [-0.39, 0.29) is 5.69 Å². The van der Waals surface area contributed by atoms with Crippen LogP contribution in [0.2, 0.25) is 0 Å². The summed E-state index contributed by atoms with van der Waals surface area (Å²) >= 11 is 1.35. The fraction of sp³-hybridized carbons (Fsp3) is 0.238. The average Bonchev–Trinajstić information content (AvgIpc) is 3.10. The number of hydrogen-bond donors (Lipinski definition) is 0. The number of fused-ring (bicyclic) bond motifs is 1. The summed E-state index contributed by atoms with van der Waals surface area (Å²) in [6, 6.07) is 9.59. The third-order valence-electron chi connectivity index (χ3n) is 4.44. The van der Waals surface area contributed by atoms with E-state index in [0.717, 1.165) is 10.2 Å². The lowest BCUT2D eigenvalue weighted by molar-refractivity contribution is -0.384. The Morgan fingerprint density at radius 3 is 2.45 bits per heavy atom. The van der Waals surface area contributed by atoms with E-state index in [1.54, 1.807) is 39.5 Å². The third-order valence-corrected chi connectivity index (χ3v) is 5.48. The zero-order valence-corrected chi connectivity index (χ0v) is 18.0. The van der Waals surface area contributed by atoms with Crippen molar-refractivity contribution in [3.63, 3.8) is 0 Å². The maximum absolute atomic E-state index is 12.5. The molecule has 0 radical (unpaired) electrons. The van der Waals surface area contributed by atoms with Gasteiger partial charge in [-0.05, 0) is 23.8 Å². The van der Waals surface area contributed by atoms with Crippen molar-refractivity contribution in [2.45, 2.75) is 6.54 Å². The first kappa shape index (κ1) is 22.2. The second-order valence-electron chi connectivity index (χ2n) is 6.34. The lowest BCUT2D eigenvalue weighted by atomic mass is 10.2. The van der Waals surface area contributed by atoms with Gasteiger partial charge in [0.2, 0.25) is 0 Å². The fourth-order valence-corrected chi connectivity index (χ4v) is 3.96. The van der Waals surface area contributed by atoms with Crippen LogP contribution in [0.1, 0.15) is 5.56 Å². The van der Waals surface area contributed by atoms with E-state index in [9.17, 15) is 14.9 Å². The van der Waals surface area contributed by atoms with Gasteiger partial charge in [0.1, 0.15) is 0 Å². The minimum atomic E-state index is -0.474. The normalized spacial score (nSPS) is 11.9. The number of hydrogen-bond acceptors (Lipinski definition) is 7. The highest BCUT2D eigenvalue weighted by atomic mass is 32.1. The molecule has 1 amide bonds. The molecule has 9 nitrogen and oxygen atoms in total. The standard InChI is InChI=1S/C21H21N3O6S/c1-28-11-10-23-16-12-17(29-2)18(30-3)13-19(16)31-21(23)22-20(25)9-6-14-4-7-15(8-5-14)24(26)27/h4-9,12-13H,10-11H2,1-3H3. The summed E-state index contributed by atoms with van der Waals surface area (Å²) in [6.45, 7) is 0.949. The van der Waals surface area contributed by atoms with Gasteiger partial charge in [0.15, 0.2) is 16.3 Å². The Labute approximate surface area is 182 Å². The van der Waals surface area contributed by atoms with Crippen LogP contribution < -0.4 is 14.3 Å². The molecule has 0 spiro atoms. The highest BCUT2D eigenvalue weighted by Gasteiger charge is 2.13. The van der Waals surface area contributed by atoms with Crippen LogP contribution in [0.4, 0.5) is 5.69 Å². The number of carbonyl (C=O) groups excluding carboxylic acids is 1. The third kappa shape index (κ3) is 5.16. The number of ether oxygens (including phenoxy) is 3. The number of thiazole rings is 1. The van der Waals surface area contributed by atoms with Crippen molar-refractivity contribution in [1.29, 1.82) is 0 Å². The van der Waals surface area contributed by atoms with E-state index in [1.165, 1.54) is 29.5 Å². The van der Waals surface area contributed by atoms with E-state index in [4.69, 9.17) is 14.2 Å². The predicted octanol–water partition coefficient (Wildman–Crippen LogP) is 3.42.